The summed E-state index contributed by atoms with van der Waals surface area (Å²) in [5, 5.41) is 2.92. The summed E-state index contributed by atoms with van der Waals surface area (Å²) in [6.45, 7) is 3.26. The molecule has 2 heterocycles. The number of nitrogens with zero attached hydrogens (tertiary/aromatic N) is 2. The van der Waals surface area contributed by atoms with E-state index in [1.165, 1.54) is 12.1 Å². The van der Waals surface area contributed by atoms with Crippen molar-refractivity contribution in [1.82, 2.24) is 10.2 Å². The fourth-order valence-electron chi connectivity index (χ4n) is 4.28. The molecule has 0 spiro atoms. The van der Waals surface area contributed by atoms with E-state index in [2.05, 4.69) is 10.2 Å². The summed E-state index contributed by atoms with van der Waals surface area (Å²) in [5.74, 6) is 0.121. The number of benzene rings is 2. The Bertz CT molecular complexity index is 967. The highest BCUT2D eigenvalue weighted by atomic mass is 19.4. The highest BCUT2D eigenvalue weighted by molar-refractivity contribution is 5.96. The summed E-state index contributed by atoms with van der Waals surface area (Å²) in [5.41, 5.74) is 1.61. The van der Waals surface area contributed by atoms with Crippen molar-refractivity contribution in [3.8, 4) is 0 Å². The maximum atomic E-state index is 13.0. The van der Waals surface area contributed by atoms with Gasteiger partial charge in [0.1, 0.15) is 0 Å². The van der Waals surface area contributed by atoms with Gasteiger partial charge in [-0.15, -0.1) is 0 Å². The number of rotatable bonds is 6. The van der Waals surface area contributed by atoms with Crippen LogP contribution in [0.5, 0.6) is 0 Å². The van der Waals surface area contributed by atoms with Gasteiger partial charge < -0.3 is 10.2 Å². The summed E-state index contributed by atoms with van der Waals surface area (Å²) < 4.78 is 38.9. The number of amides is 1. The van der Waals surface area contributed by atoms with E-state index in [4.69, 9.17) is 0 Å². The van der Waals surface area contributed by atoms with Crippen LogP contribution in [0, 0.1) is 0 Å². The summed E-state index contributed by atoms with van der Waals surface area (Å²) >= 11 is 0. The van der Waals surface area contributed by atoms with E-state index in [1.54, 1.807) is 6.07 Å². The van der Waals surface area contributed by atoms with Crippen LogP contribution in [0.15, 0.2) is 48.5 Å². The number of hydrogen-bond donors (Lipinski definition) is 1. The minimum absolute atomic E-state index is 0.0276. The molecule has 2 aromatic carbocycles. The number of alkyl halides is 3. The summed E-state index contributed by atoms with van der Waals surface area (Å²) in [6.07, 6.45) is -2.64. The predicted molar refractivity (Wildman–Crippen MR) is 116 cm³/mol. The quantitative estimate of drug-likeness (QED) is 0.682. The predicted octanol–water partition coefficient (Wildman–Crippen LogP) is 4.05. The van der Waals surface area contributed by atoms with E-state index in [1.807, 2.05) is 29.2 Å². The van der Waals surface area contributed by atoms with Gasteiger partial charge in [0.05, 0.1) is 11.6 Å². The van der Waals surface area contributed by atoms with Crippen LogP contribution in [0.2, 0.25) is 0 Å². The molecule has 1 N–H and O–H groups in total. The average molecular weight is 445 g/mol. The molecule has 32 heavy (non-hydrogen) atoms. The molecule has 2 aliphatic rings. The molecule has 4 rings (SSSR count). The highest BCUT2D eigenvalue weighted by Crippen LogP contribution is 2.32. The maximum absolute atomic E-state index is 13.0. The number of Topliss-reactive ketones (excluding diaryl/α,β-unsaturated/α-hetero) is 1. The first-order valence-electron chi connectivity index (χ1n) is 10.9. The third-order valence-corrected chi connectivity index (χ3v) is 6.20. The van der Waals surface area contributed by atoms with Crippen molar-refractivity contribution in [1.29, 1.82) is 0 Å². The molecule has 0 aliphatic carbocycles. The third-order valence-electron chi connectivity index (χ3n) is 6.20. The Morgan fingerprint density at radius 1 is 1.03 bits per heavy atom. The molecule has 1 unspecified atom stereocenters. The molecule has 1 amide bonds. The molecular weight excluding hydrogens is 419 g/mol. The standard InChI is InChI=1S/C24H26F3N3O2/c25-24(26,27)19-2-1-3-20(16-19)30-14-12-29(13-15-30)11-10-22(31)18-6-4-17(5-7-18)21-8-9-23(32)28-21/h1-7,16,21H,8-15H2,(H,28,32). The van der Waals surface area contributed by atoms with Crippen LogP contribution in [-0.2, 0) is 11.0 Å². The van der Waals surface area contributed by atoms with Crippen molar-refractivity contribution in [3.05, 3.63) is 65.2 Å². The lowest BCUT2D eigenvalue weighted by Crippen LogP contribution is -2.47. The van der Waals surface area contributed by atoms with Gasteiger partial charge in [0, 0.05) is 56.8 Å². The Morgan fingerprint density at radius 2 is 1.75 bits per heavy atom. The molecule has 0 saturated carbocycles. The Kier molecular flexibility index (Phi) is 6.50. The van der Waals surface area contributed by atoms with Crippen molar-refractivity contribution in [2.75, 3.05) is 37.6 Å². The molecule has 2 aliphatic heterocycles. The van der Waals surface area contributed by atoms with Gasteiger partial charge in [-0.25, -0.2) is 0 Å². The maximum Gasteiger partial charge on any atom is 0.416 e. The molecule has 8 heteroatoms. The van der Waals surface area contributed by atoms with Crippen molar-refractivity contribution in [2.45, 2.75) is 31.5 Å². The van der Waals surface area contributed by atoms with Gasteiger partial charge in [-0.05, 0) is 30.2 Å². The van der Waals surface area contributed by atoms with Crippen LogP contribution >= 0.6 is 0 Å². The Hall–Kier alpha value is -2.87. The molecule has 2 saturated heterocycles. The second-order valence-electron chi connectivity index (χ2n) is 8.33. The number of piperazine rings is 1. The molecule has 1 atom stereocenters. The second kappa shape index (κ2) is 9.32. The van der Waals surface area contributed by atoms with Crippen LogP contribution in [0.3, 0.4) is 0 Å². The molecule has 0 radical (unpaired) electrons. The number of carbonyl (C=O) groups excluding carboxylic acids is 2. The van der Waals surface area contributed by atoms with Gasteiger partial charge in [-0.1, -0.05) is 30.3 Å². The topological polar surface area (TPSA) is 52.7 Å². The van der Waals surface area contributed by atoms with E-state index >= 15 is 0 Å². The summed E-state index contributed by atoms with van der Waals surface area (Å²) in [7, 11) is 0. The molecule has 170 valence electrons. The summed E-state index contributed by atoms with van der Waals surface area (Å²) in [4.78, 5) is 28.1. The number of hydrogen-bond acceptors (Lipinski definition) is 4. The molecule has 0 bridgehead atoms. The molecular formula is C24H26F3N3O2. The number of anilines is 1. The van der Waals surface area contributed by atoms with Gasteiger partial charge in [0.15, 0.2) is 5.78 Å². The number of nitrogens with one attached hydrogen (secondary N) is 1. The van der Waals surface area contributed by atoms with Gasteiger partial charge in [-0.2, -0.15) is 13.2 Å². The first-order valence-corrected chi connectivity index (χ1v) is 10.9. The van der Waals surface area contributed by atoms with Crippen molar-refractivity contribution in [3.63, 3.8) is 0 Å². The second-order valence-corrected chi connectivity index (χ2v) is 8.33. The first kappa shape index (κ1) is 22.3. The Morgan fingerprint density at radius 3 is 2.38 bits per heavy atom. The van der Waals surface area contributed by atoms with E-state index < -0.39 is 11.7 Å². The van der Waals surface area contributed by atoms with Crippen LogP contribution in [0.4, 0.5) is 18.9 Å². The minimum atomic E-state index is -4.35. The lowest BCUT2D eigenvalue weighted by molar-refractivity contribution is -0.137. The monoisotopic (exact) mass is 445 g/mol. The zero-order valence-corrected chi connectivity index (χ0v) is 17.7. The average Bonchev–Trinajstić information content (AvgIpc) is 3.24. The minimum Gasteiger partial charge on any atom is -0.369 e. The van der Waals surface area contributed by atoms with Gasteiger partial charge in [0.25, 0.3) is 0 Å². The van der Waals surface area contributed by atoms with E-state index in [-0.39, 0.29) is 17.7 Å². The van der Waals surface area contributed by atoms with E-state index in [9.17, 15) is 22.8 Å². The van der Waals surface area contributed by atoms with Crippen LogP contribution in [0.1, 0.15) is 46.8 Å². The zero-order chi connectivity index (χ0) is 22.7. The van der Waals surface area contributed by atoms with E-state index in [0.717, 1.165) is 18.1 Å². The number of halogens is 3. The normalized spacial score (nSPS) is 19.8. The largest absolute Gasteiger partial charge is 0.416 e. The van der Waals surface area contributed by atoms with Gasteiger partial charge in [0.2, 0.25) is 5.91 Å². The van der Waals surface area contributed by atoms with Crippen LogP contribution < -0.4 is 10.2 Å². The number of ketones is 1. The smallest absolute Gasteiger partial charge is 0.369 e. The molecule has 2 fully saturated rings. The summed E-state index contributed by atoms with van der Waals surface area (Å²) in [6, 6.07) is 12.9. The molecule has 0 aromatic heterocycles. The lowest BCUT2D eigenvalue weighted by Gasteiger charge is -2.36. The number of carbonyl (C=O) groups is 2. The third kappa shape index (κ3) is 5.30. The SMILES string of the molecule is O=C1CCC(c2ccc(C(=O)CCN3CCN(c4cccc(C(F)(F)F)c4)CC3)cc2)N1. The van der Waals surface area contributed by atoms with Crippen molar-refractivity contribution >= 4 is 17.4 Å². The fraction of sp³-hybridized carbons (Fsp3) is 0.417. The fourth-order valence-corrected chi connectivity index (χ4v) is 4.28. The highest BCUT2D eigenvalue weighted by Gasteiger charge is 2.31. The first-order chi connectivity index (χ1) is 15.3. The molecule has 5 nitrogen and oxygen atoms in total. The van der Waals surface area contributed by atoms with Crippen molar-refractivity contribution < 1.29 is 22.8 Å². The van der Waals surface area contributed by atoms with Crippen LogP contribution in [0.25, 0.3) is 0 Å². The lowest BCUT2D eigenvalue weighted by atomic mass is 10.0. The van der Waals surface area contributed by atoms with Crippen LogP contribution in [-0.4, -0.2) is 49.3 Å². The van der Waals surface area contributed by atoms with Crippen molar-refractivity contribution in [2.24, 2.45) is 0 Å². The Balaban J connectivity index is 1.25. The Labute approximate surface area is 185 Å². The van der Waals surface area contributed by atoms with Gasteiger partial charge in [-0.3, -0.25) is 14.5 Å². The van der Waals surface area contributed by atoms with Gasteiger partial charge >= 0.3 is 6.18 Å². The van der Waals surface area contributed by atoms with E-state index in [0.29, 0.717) is 56.8 Å². The molecule has 2 aromatic rings. The zero-order valence-electron chi connectivity index (χ0n) is 17.7.